The Morgan fingerprint density at radius 2 is 1.85 bits per heavy atom. The lowest BCUT2D eigenvalue weighted by atomic mass is 9.80. The summed E-state index contributed by atoms with van der Waals surface area (Å²) in [5, 5.41) is 2.86. The van der Waals surface area contributed by atoms with Crippen LogP contribution in [0, 0.1) is 17.8 Å². The topological polar surface area (TPSA) is 29.1 Å². The molecule has 4 atom stereocenters. The van der Waals surface area contributed by atoms with Crippen molar-refractivity contribution < 1.29 is 18.0 Å². The van der Waals surface area contributed by atoms with Crippen molar-refractivity contribution in [1.82, 2.24) is 5.32 Å². The summed E-state index contributed by atoms with van der Waals surface area (Å²) < 4.78 is 38.2. The van der Waals surface area contributed by atoms with Crippen molar-refractivity contribution in [2.75, 3.05) is 6.54 Å². The van der Waals surface area contributed by atoms with E-state index < -0.39 is 18.0 Å². The lowest BCUT2D eigenvalue weighted by Crippen LogP contribution is -2.39. The van der Waals surface area contributed by atoms with Gasteiger partial charge in [0.05, 0.1) is 5.92 Å². The smallest absolute Gasteiger partial charge is 0.356 e. The first-order chi connectivity index (χ1) is 9.38. The number of halogens is 4. The third-order valence-electron chi connectivity index (χ3n) is 4.61. The number of hydrogen-bond acceptors (Lipinski definition) is 1. The van der Waals surface area contributed by atoms with E-state index in [0.717, 1.165) is 19.3 Å². The van der Waals surface area contributed by atoms with Gasteiger partial charge in [0.2, 0.25) is 5.91 Å². The molecule has 116 valence electrons. The lowest BCUT2D eigenvalue weighted by molar-refractivity contribution is -0.186. The van der Waals surface area contributed by atoms with E-state index in [9.17, 15) is 18.0 Å². The molecule has 2 fully saturated rings. The molecule has 2 saturated carbocycles. The summed E-state index contributed by atoms with van der Waals surface area (Å²) in [5.41, 5.74) is 0. The SMILES string of the molecule is O=C(NCC1CCCC1Br)C1CCCC(C(F)(F)F)C1. The molecular formula is C14H21BrF3NO. The molecule has 0 aromatic heterocycles. The van der Waals surface area contributed by atoms with Crippen molar-refractivity contribution in [1.29, 1.82) is 0 Å². The average molecular weight is 356 g/mol. The fraction of sp³-hybridized carbons (Fsp3) is 0.929. The minimum absolute atomic E-state index is 0.0439. The largest absolute Gasteiger partial charge is 0.391 e. The van der Waals surface area contributed by atoms with Crippen LogP contribution < -0.4 is 5.32 Å². The first kappa shape index (κ1) is 16.1. The van der Waals surface area contributed by atoms with Gasteiger partial charge in [-0.25, -0.2) is 0 Å². The number of rotatable bonds is 3. The third kappa shape index (κ3) is 4.12. The van der Waals surface area contributed by atoms with Crippen molar-refractivity contribution in [2.24, 2.45) is 17.8 Å². The molecule has 20 heavy (non-hydrogen) atoms. The highest BCUT2D eigenvalue weighted by Gasteiger charge is 2.43. The van der Waals surface area contributed by atoms with Gasteiger partial charge in [-0.15, -0.1) is 0 Å². The van der Waals surface area contributed by atoms with E-state index in [4.69, 9.17) is 0 Å². The van der Waals surface area contributed by atoms with Gasteiger partial charge in [0, 0.05) is 17.3 Å². The van der Waals surface area contributed by atoms with Crippen molar-refractivity contribution in [2.45, 2.75) is 55.9 Å². The van der Waals surface area contributed by atoms with Gasteiger partial charge in [-0.05, 0) is 38.0 Å². The molecular weight excluding hydrogens is 335 g/mol. The van der Waals surface area contributed by atoms with Crippen LogP contribution in [0.4, 0.5) is 13.2 Å². The number of carbonyl (C=O) groups is 1. The molecule has 0 radical (unpaired) electrons. The normalized spacial score (nSPS) is 35.0. The highest BCUT2D eigenvalue weighted by Crippen LogP contribution is 2.40. The summed E-state index contributed by atoms with van der Waals surface area (Å²) in [6, 6.07) is 0. The Morgan fingerprint density at radius 1 is 1.15 bits per heavy atom. The third-order valence-corrected chi connectivity index (χ3v) is 5.82. The molecule has 0 heterocycles. The zero-order valence-corrected chi connectivity index (χ0v) is 13.0. The number of carbonyl (C=O) groups excluding carboxylic acids is 1. The van der Waals surface area contributed by atoms with Gasteiger partial charge in [0.25, 0.3) is 0 Å². The molecule has 6 heteroatoms. The molecule has 2 aliphatic rings. The van der Waals surface area contributed by atoms with E-state index in [1.54, 1.807) is 0 Å². The monoisotopic (exact) mass is 355 g/mol. The first-order valence-corrected chi connectivity index (χ1v) is 8.28. The molecule has 4 unspecified atom stereocenters. The fourth-order valence-electron chi connectivity index (χ4n) is 3.32. The summed E-state index contributed by atoms with van der Waals surface area (Å²) in [4.78, 5) is 12.5. The zero-order chi connectivity index (χ0) is 14.8. The molecule has 2 nitrogen and oxygen atoms in total. The Kier molecular flexibility index (Phi) is 5.37. The van der Waals surface area contributed by atoms with E-state index >= 15 is 0 Å². The van der Waals surface area contributed by atoms with E-state index in [2.05, 4.69) is 21.2 Å². The van der Waals surface area contributed by atoms with Gasteiger partial charge in [-0.1, -0.05) is 28.8 Å². The fourth-order valence-corrected chi connectivity index (χ4v) is 4.10. The summed E-state index contributed by atoms with van der Waals surface area (Å²) in [6.45, 7) is 0.585. The van der Waals surface area contributed by atoms with E-state index in [0.29, 0.717) is 30.1 Å². The molecule has 1 amide bonds. The van der Waals surface area contributed by atoms with Crippen LogP contribution in [0.15, 0.2) is 0 Å². The maximum atomic E-state index is 12.7. The number of hydrogen-bond donors (Lipinski definition) is 1. The Balaban J connectivity index is 1.80. The molecule has 0 spiro atoms. The second-order valence-corrected chi connectivity index (χ2v) is 7.23. The van der Waals surface area contributed by atoms with Crippen molar-refractivity contribution in [3.63, 3.8) is 0 Å². The summed E-state index contributed by atoms with van der Waals surface area (Å²) in [7, 11) is 0. The van der Waals surface area contributed by atoms with E-state index in [1.165, 1.54) is 0 Å². The van der Waals surface area contributed by atoms with Crippen LogP contribution >= 0.6 is 15.9 Å². The van der Waals surface area contributed by atoms with Crippen LogP contribution in [0.25, 0.3) is 0 Å². The van der Waals surface area contributed by atoms with Crippen LogP contribution in [-0.4, -0.2) is 23.5 Å². The van der Waals surface area contributed by atoms with Crippen LogP contribution in [-0.2, 0) is 4.79 Å². The van der Waals surface area contributed by atoms with Gasteiger partial charge >= 0.3 is 6.18 Å². The quantitative estimate of drug-likeness (QED) is 0.760. The van der Waals surface area contributed by atoms with Crippen LogP contribution in [0.1, 0.15) is 44.9 Å². The highest BCUT2D eigenvalue weighted by molar-refractivity contribution is 9.09. The molecule has 0 bridgehead atoms. The van der Waals surface area contributed by atoms with Crippen LogP contribution in [0.5, 0.6) is 0 Å². The van der Waals surface area contributed by atoms with Gasteiger partial charge in [0.1, 0.15) is 0 Å². The molecule has 1 N–H and O–H groups in total. The maximum Gasteiger partial charge on any atom is 0.391 e. The standard InChI is InChI=1S/C14H21BrF3NO/c15-12-6-2-4-10(12)8-19-13(20)9-3-1-5-11(7-9)14(16,17)18/h9-12H,1-8H2,(H,19,20). The van der Waals surface area contributed by atoms with Gasteiger partial charge in [-0.2, -0.15) is 13.2 Å². The molecule has 0 aliphatic heterocycles. The average Bonchev–Trinajstić information content (AvgIpc) is 2.81. The maximum absolute atomic E-state index is 12.7. The van der Waals surface area contributed by atoms with Gasteiger partial charge < -0.3 is 5.32 Å². The molecule has 0 aromatic rings. The predicted molar refractivity (Wildman–Crippen MR) is 74.6 cm³/mol. The number of alkyl halides is 4. The van der Waals surface area contributed by atoms with Crippen molar-refractivity contribution >= 4 is 21.8 Å². The van der Waals surface area contributed by atoms with Gasteiger partial charge in [0.15, 0.2) is 0 Å². The molecule has 0 aromatic carbocycles. The Bertz CT molecular complexity index is 348. The van der Waals surface area contributed by atoms with Crippen molar-refractivity contribution in [3.8, 4) is 0 Å². The molecule has 2 rings (SSSR count). The number of nitrogens with one attached hydrogen (secondary N) is 1. The highest BCUT2D eigenvalue weighted by atomic mass is 79.9. The summed E-state index contributed by atoms with van der Waals surface area (Å²) in [5.74, 6) is -1.54. The molecule has 0 saturated heterocycles. The predicted octanol–water partition coefficient (Wildman–Crippen LogP) is 4.03. The Morgan fingerprint density at radius 3 is 2.45 bits per heavy atom. The Hall–Kier alpha value is -0.260. The minimum Gasteiger partial charge on any atom is -0.356 e. The zero-order valence-electron chi connectivity index (χ0n) is 11.4. The lowest BCUT2D eigenvalue weighted by Gasteiger charge is -2.30. The van der Waals surface area contributed by atoms with Crippen molar-refractivity contribution in [3.05, 3.63) is 0 Å². The minimum atomic E-state index is -4.16. The van der Waals surface area contributed by atoms with Crippen LogP contribution in [0.3, 0.4) is 0 Å². The second-order valence-electron chi connectivity index (χ2n) is 6.05. The van der Waals surface area contributed by atoms with E-state index in [-0.39, 0.29) is 18.7 Å². The Labute approximate surface area is 126 Å². The molecule has 2 aliphatic carbocycles. The van der Waals surface area contributed by atoms with E-state index in [1.807, 2.05) is 0 Å². The van der Waals surface area contributed by atoms with Crippen LogP contribution in [0.2, 0.25) is 0 Å². The van der Waals surface area contributed by atoms with Gasteiger partial charge in [-0.3, -0.25) is 4.79 Å². The number of amides is 1. The summed E-state index contributed by atoms with van der Waals surface area (Å²) >= 11 is 3.59. The summed E-state index contributed by atoms with van der Waals surface area (Å²) in [6.07, 6.45) is 0.373. The second kappa shape index (κ2) is 6.67. The first-order valence-electron chi connectivity index (χ1n) is 7.36.